The minimum absolute atomic E-state index is 0.325. The quantitative estimate of drug-likeness (QED) is 0.436. The van der Waals surface area contributed by atoms with Crippen LogP contribution in [0.25, 0.3) is 0 Å². The van der Waals surface area contributed by atoms with Crippen LogP contribution >= 0.6 is 0 Å². The van der Waals surface area contributed by atoms with Gasteiger partial charge >= 0.3 is 0 Å². The number of fused-ring (bicyclic) bond motifs is 5. The first-order valence-corrected chi connectivity index (χ1v) is 14.1. The van der Waals surface area contributed by atoms with Gasteiger partial charge in [0.15, 0.2) is 5.78 Å². The molecule has 0 saturated heterocycles. The monoisotopic (exact) mass is 484 g/mol. The average molecular weight is 485 g/mol. The molecule has 3 heteroatoms. The lowest BCUT2D eigenvalue weighted by Crippen LogP contribution is -2.50. The zero-order valence-corrected chi connectivity index (χ0v) is 22.0. The fraction of sp³-hybridized carbons (Fsp3) is 0.545. The first-order valence-electron chi connectivity index (χ1n) is 14.1. The molecule has 4 aliphatic carbocycles. The van der Waals surface area contributed by atoms with Crippen LogP contribution in [-0.4, -0.2) is 20.0 Å². The highest BCUT2D eigenvalue weighted by atomic mass is 16.5. The molecule has 3 nitrogen and oxygen atoms in total. The smallest absolute Gasteiger partial charge is 0.155 e. The van der Waals surface area contributed by atoms with E-state index in [2.05, 4.69) is 55.5 Å². The summed E-state index contributed by atoms with van der Waals surface area (Å²) in [6, 6.07) is 17.9. The third-order valence-electron chi connectivity index (χ3n) is 10.8. The summed E-state index contributed by atoms with van der Waals surface area (Å²) in [4.78, 5) is 12.3. The molecule has 0 unspecified atom stereocenters. The second-order valence-electron chi connectivity index (χ2n) is 11.8. The number of methoxy groups -OCH3 is 2. The second-order valence-corrected chi connectivity index (χ2v) is 11.8. The Morgan fingerprint density at radius 2 is 1.47 bits per heavy atom. The predicted octanol–water partition coefficient (Wildman–Crippen LogP) is 7.71. The number of hydrogen-bond acceptors (Lipinski definition) is 3. The summed E-state index contributed by atoms with van der Waals surface area (Å²) in [6.45, 7) is 2.45. The Kier molecular flexibility index (Phi) is 6.22. The summed E-state index contributed by atoms with van der Waals surface area (Å²) in [5.41, 5.74) is 4.74. The summed E-state index contributed by atoms with van der Waals surface area (Å²) in [5, 5.41) is 0. The normalized spacial score (nSPS) is 35.3. The van der Waals surface area contributed by atoms with Crippen molar-refractivity contribution in [2.45, 2.75) is 70.1 Å². The SMILES string of the molecule is CC[C@]12C[C@H](c3ccc(OC)cc3)[C@H]3[C@@H](CCC4=CC(=O)CC[C@@H]43)[C@@H]1CC[C@@H]2c1ccc(OC)cc1. The topological polar surface area (TPSA) is 35.5 Å². The molecular weight excluding hydrogens is 444 g/mol. The van der Waals surface area contributed by atoms with Crippen molar-refractivity contribution in [2.24, 2.45) is 29.1 Å². The molecule has 0 spiro atoms. The number of benzene rings is 2. The molecule has 4 aliphatic rings. The number of ether oxygens (including phenoxy) is 2. The van der Waals surface area contributed by atoms with Gasteiger partial charge < -0.3 is 9.47 Å². The maximum absolute atomic E-state index is 12.3. The van der Waals surface area contributed by atoms with Gasteiger partial charge in [-0.25, -0.2) is 0 Å². The third-order valence-corrected chi connectivity index (χ3v) is 10.8. The van der Waals surface area contributed by atoms with E-state index in [-0.39, 0.29) is 0 Å². The predicted molar refractivity (Wildman–Crippen MR) is 144 cm³/mol. The second kappa shape index (κ2) is 9.39. The summed E-state index contributed by atoms with van der Waals surface area (Å²) in [5.74, 6) is 6.07. The van der Waals surface area contributed by atoms with Crippen molar-refractivity contribution in [1.29, 1.82) is 0 Å². The van der Waals surface area contributed by atoms with E-state index >= 15 is 0 Å². The molecule has 3 saturated carbocycles. The molecule has 7 atom stereocenters. The van der Waals surface area contributed by atoms with Crippen LogP contribution in [-0.2, 0) is 4.79 Å². The Balaban J connectivity index is 1.43. The van der Waals surface area contributed by atoms with E-state index in [1.165, 1.54) is 48.8 Å². The molecule has 0 N–H and O–H groups in total. The Morgan fingerprint density at radius 3 is 2.11 bits per heavy atom. The minimum Gasteiger partial charge on any atom is -0.497 e. The average Bonchev–Trinajstić information content (AvgIpc) is 3.32. The van der Waals surface area contributed by atoms with Crippen molar-refractivity contribution in [2.75, 3.05) is 14.2 Å². The number of allylic oxidation sites excluding steroid dienone is 1. The largest absolute Gasteiger partial charge is 0.497 e. The number of rotatable bonds is 5. The van der Waals surface area contributed by atoms with Gasteiger partial charge in [-0.05, 0) is 127 Å². The van der Waals surface area contributed by atoms with E-state index < -0.39 is 0 Å². The molecule has 0 aromatic heterocycles. The number of carbonyl (C=O) groups excluding carboxylic acids is 1. The van der Waals surface area contributed by atoms with Crippen LogP contribution < -0.4 is 9.47 Å². The van der Waals surface area contributed by atoms with E-state index in [1.54, 1.807) is 14.2 Å². The summed E-state index contributed by atoms with van der Waals surface area (Å²) in [6.07, 6.45) is 11.3. The van der Waals surface area contributed by atoms with Crippen LogP contribution in [0.1, 0.15) is 81.3 Å². The first-order chi connectivity index (χ1) is 17.6. The molecule has 6 rings (SSSR count). The molecule has 190 valence electrons. The van der Waals surface area contributed by atoms with E-state index in [9.17, 15) is 4.79 Å². The molecule has 3 fully saturated rings. The number of hydrogen-bond donors (Lipinski definition) is 0. The minimum atomic E-state index is 0.325. The van der Waals surface area contributed by atoms with Crippen LogP contribution in [0.2, 0.25) is 0 Å². The van der Waals surface area contributed by atoms with Crippen molar-refractivity contribution in [3.05, 3.63) is 71.3 Å². The zero-order valence-electron chi connectivity index (χ0n) is 22.0. The highest BCUT2D eigenvalue weighted by Crippen LogP contribution is 2.70. The van der Waals surface area contributed by atoms with Gasteiger partial charge in [-0.3, -0.25) is 4.79 Å². The Morgan fingerprint density at radius 1 is 0.806 bits per heavy atom. The molecule has 2 aromatic rings. The molecule has 2 aromatic carbocycles. The van der Waals surface area contributed by atoms with Gasteiger partial charge in [-0.2, -0.15) is 0 Å². The summed E-state index contributed by atoms with van der Waals surface area (Å²) < 4.78 is 11.0. The van der Waals surface area contributed by atoms with Crippen LogP contribution in [0.3, 0.4) is 0 Å². The highest BCUT2D eigenvalue weighted by Gasteiger charge is 2.60. The lowest BCUT2D eigenvalue weighted by Gasteiger charge is -2.58. The van der Waals surface area contributed by atoms with E-state index in [0.29, 0.717) is 34.9 Å². The first kappa shape index (κ1) is 23.8. The Labute approximate surface area is 216 Å². The van der Waals surface area contributed by atoms with Crippen molar-refractivity contribution >= 4 is 5.78 Å². The van der Waals surface area contributed by atoms with Crippen LogP contribution in [0.4, 0.5) is 0 Å². The van der Waals surface area contributed by atoms with Gasteiger partial charge in [0.05, 0.1) is 14.2 Å². The lowest BCUT2D eigenvalue weighted by atomic mass is 9.46. The fourth-order valence-electron chi connectivity index (χ4n) is 9.28. The Bertz CT molecular complexity index is 1130. The third kappa shape index (κ3) is 3.73. The maximum atomic E-state index is 12.3. The molecule has 0 radical (unpaired) electrons. The van der Waals surface area contributed by atoms with Crippen molar-refractivity contribution in [3.63, 3.8) is 0 Å². The molecule has 0 heterocycles. The van der Waals surface area contributed by atoms with E-state index in [1.807, 2.05) is 6.08 Å². The zero-order chi connectivity index (χ0) is 24.9. The van der Waals surface area contributed by atoms with Crippen LogP contribution in [0, 0.1) is 29.1 Å². The molecule has 0 aliphatic heterocycles. The summed E-state index contributed by atoms with van der Waals surface area (Å²) >= 11 is 0. The fourth-order valence-corrected chi connectivity index (χ4v) is 9.28. The molecule has 0 amide bonds. The van der Waals surface area contributed by atoms with Gasteiger partial charge in [-0.15, -0.1) is 0 Å². The van der Waals surface area contributed by atoms with Crippen molar-refractivity contribution in [1.82, 2.24) is 0 Å². The van der Waals surface area contributed by atoms with Gasteiger partial charge in [0.25, 0.3) is 0 Å². The van der Waals surface area contributed by atoms with Gasteiger partial charge in [-0.1, -0.05) is 36.8 Å². The number of ketones is 1. The van der Waals surface area contributed by atoms with Crippen molar-refractivity contribution in [3.8, 4) is 11.5 Å². The van der Waals surface area contributed by atoms with Gasteiger partial charge in [0.2, 0.25) is 0 Å². The highest BCUT2D eigenvalue weighted by molar-refractivity contribution is 5.91. The molecule has 0 bridgehead atoms. The van der Waals surface area contributed by atoms with E-state index in [0.717, 1.165) is 42.6 Å². The summed E-state index contributed by atoms with van der Waals surface area (Å²) in [7, 11) is 3.50. The van der Waals surface area contributed by atoms with Gasteiger partial charge in [0, 0.05) is 6.42 Å². The number of carbonyl (C=O) groups is 1. The van der Waals surface area contributed by atoms with Crippen LogP contribution in [0.15, 0.2) is 60.2 Å². The molecular formula is C33H40O3. The molecule has 36 heavy (non-hydrogen) atoms. The standard InChI is InChI=1S/C33H40O3/c1-4-33-20-29(21-5-11-25(35-2)12-6-21)32-27-16-10-24(34)19-23(27)9-15-28(32)31(33)18-17-30(33)22-7-13-26(36-3)14-8-22/h5-8,11-14,19,27-32H,4,9-10,15-18,20H2,1-3H3/t27-,28-,29+,30+,31-,32+,33+/m0/s1. The van der Waals surface area contributed by atoms with Gasteiger partial charge in [0.1, 0.15) is 11.5 Å². The van der Waals surface area contributed by atoms with Crippen molar-refractivity contribution < 1.29 is 14.3 Å². The maximum Gasteiger partial charge on any atom is 0.155 e. The van der Waals surface area contributed by atoms with Crippen LogP contribution in [0.5, 0.6) is 11.5 Å². The lowest BCUT2D eigenvalue weighted by molar-refractivity contribution is -0.116. The Hall–Kier alpha value is -2.55. The van der Waals surface area contributed by atoms with E-state index in [4.69, 9.17) is 9.47 Å².